The van der Waals surface area contributed by atoms with Crippen LogP contribution in [0.3, 0.4) is 0 Å². The minimum Gasteiger partial charge on any atom is -0.370 e. The number of hydrogen-bond donors (Lipinski definition) is 2. The highest BCUT2D eigenvalue weighted by molar-refractivity contribution is 6.43. The van der Waals surface area contributed by atoms with Crippen LogP contribution < -0.4 is 10.6 Å². The highest BCUT2D eigenvalue weighted by Crippen LogP contribution is 2.31. The maximum Gasteiger partial charge on any atom is 0.127 e. The Morgan fingerprint density at radius 3 is 2.83 bits per heavy atom. The van der Waals surface area contributed by atoms with Gasteiger partial charge in [-0.15, -0.1) is 0 Å². The maximum atomic E-state index is 6.12. The van der Waals surface area contributed by atoms with Crippen LogP contribution in [0.25, 0.3) is 0 Å². The summed E-state index contributed by atoms with van der Waals surface area (Å²) < 4.78 is 0. The summed E-state index contributed by atoms with van der Waals surface area (Å²) in [6.07, 6.45) is 1.73. The van der Waals surface area contributed by atoms with Crippen molar-refractivity contribution in [2.45, 2.75) is 6.92 Å². The molecule has 0 aliphatic heterocycles. The van der Waals surface area contributed by atoms with E-state index in [9.17, 15) is 0 Å². The van der Waals surface area contributed by atoms with Crippen molar-refractivity contribution in [2.24, 2.45) is 0 Å². The Bertz CT molecular complexity index is 544. The Labute approximate surface area is 116 Å². The average molecular weight is 282 g/mol. The molecule has 18 heavy (non-hydrogen) atoms. The zero-order valence-corrected chi connectivity index (χ0v) is 11.4. The van der Waals surface area contributed by atoms with Crippen LogP contribution in [0.1, 0.15) is 6.92 Å². The molecule has 0 aliphatic carbocycles. The molecule has 1 aromatic heterocycles. The topological polar surface area (TPSA) is 37.0 Å². The summed E-state index contributed by atoms with van der Waals surface area (Å²) >= 11 is 12.1. The third-order valence-corrected chi connectivity index (χ3v) is 3.17. The van der Waals surface area contributed by atoms with E-state index in [1.54, 1.807) is 12.3 Å². The van der Waals surface area contributed by atoms with Gasteiger partial charge in [0.15, 0.2) is 0 Å². The van der Waals surface area contributed by atoms with Crippen LogP contribution in [0.4, 0.5) is 17.2 Å². The van der Waals surface area contributed by atoms with Gasteiger partial charge in [0.1, 0.15) is 5.82 Å². The first-order valence-corrected chi connectivity index (χ1v) is 6.37. The van der Waals surface area contributed by atoms with Gasteiger partial charge < -0.3 is 10.6 Å². The number of halogens is 2. The quantitative estimate of drug-likeness (QED) is 0.862. The van der Waals surface area contributed by atoms with Crippen LogP contribution in [0.5, 0.6) is 0 Å². The summed E-state index contributed by atoms with van der Waals surface area (Å²) in [4.78, 5) is 4.20. The van der Waals surface area contributed by atoms with Gasteiger partial charge in [0.2, 0.25) is 0 Å². The Morgan fingerprint density at radius 2 is 2.06 bits per heavy atom. The number of nitrogens with one attached hydrogen (secondary N) is 2. The fourth-order valence-electron chi connectivity index (χ4n) is 1.54. The molecule has 1 heterocycles. The second kappa shape index (κ2) is 5.94. The summed E-state index contributed by atoms with van der Waals surface area (Å²) in [7, 11) is 0. The molecule has 0 aliphatic rings. The van der Waals surface area contributed by atoms with Crippen molar-refractivity contribution in [3.63, 3.8) is 0 Å². The fourth-order valence-corrected chi connectivity index (χ4v) is 1.89. The number of anilines is 3. The lowest BCUT2D eigenvalue weighted by Crippen LogP contribution is -2.00. The van der Waals surface area contributed by atoms with E-state index in [1.165, 1.54) is 0 Å². The van der Waals surface area contributed by atoms with Gasteiger partial charge in [-0.05, 0) is 25.1 Å². The smallest absolute Gasteiger partial charge is 0.127 e. The third kappa shape index (κ3) is 3.06. The van der Waals surface area contributed by atoms with Gasteiger partial charge >= 0.3 is 0 Å². The van der Waals surface area contributed by atoms with E-state index in [0.29, 0.717) is 10.0 Å². The van der Waals surface area contributed by atoms with Crippen LogP contribution in [0.15, 0.2) is 36.5 Å². The maximum absolute atomic E-state index is 6.12. The van der Waals surface area contributed by atoms with Crippen molar-refractivity contribution in [1.82, 2.24) is 4.98 Å². The monoisotopic (exact) mass is 281 g/mol. The molecule has 0 spiro atoms. The second-order valence-electron chi connectivity index (χ2n) is 3.69. The molecule has 2 aromatic rings. The largest absolute Gasteiger partial charge is 0.370 e. The zero-order chi connectivity index (χ0) is 13.0. The number of nitrogens with zero attached hydrogens (tertiary/aromatic N) is 1. The minimum atomic E-state index is 0.515. The van der Waals surface area contributed by atoms with E-state index in [4.69, 9.17) is 23.2 Å². The summed E-state index contributed by atoms with van der Waals surface area (Å²) in [5.41, 5.74) is 1.68. The van der Waals surface area contributed by atoms with E-state index in [-0.39, 0.29) is 0 Å². The Morgan fingerprint density at radius 1 is 1.22 bits per heavy atom. The van der Waals surface area contributed by atoms with Crippen LogP contribution in [-0.2, 0) is 0 Å². The van der Waals surface area contributed by atoms with Crippen LogP contribution >= 0.6 is 23.2 Å². The molecule has 0 atom stereocenters. The lowest BCUT2D eigenvalue weighted by molar-refractivity contribution is 1.16. The van der Waals surface area contributed by atoms with Gasteiger partial charge in [0.25, 0.3) is 0 Å². The van der Waals surface area contributed by atoms with E-state index < -0.39 is 0 Å². The normalized spacial score (nSPS) is 10.2. The van der Waals surface area contributed by atoms with E-state index in [2.05, 4.69) is 15.6 Å². The van der Waals surface area contributed by atoms with Gasteiger partial charge in [0, 0.05) is 24.5 Å². The average Bonchev–Trinajstić information content (AvgIpc) is 2.36. The first-order valence-electron chi connectivity index (χ1n) is 5.61. The summed E-state index contributed by atoms with van der Waals surface area (Å²) in [5, 5.41) is 7.41. The van der Waals surface area contributed by atoms with Gasteiger partial charge in [-0.25, -0.2) is 4.98 Å². The highest BCUT2D eigenvalue weighted by Gasteiger charge is 2.04. The SMILES string of the molecule is CCNc1cc(Nc2cccc(Cl)c2Cl)ccn1. The van der Waals surface area contributed by atoms with Crippen molar-refractivity contribution in [3.8, 4) is 0 Å². The van der Waals surface area contributed by atoms with Gasteiger partial charge in [-0.3, -0.25) is 0 Å². The number of pyridine rings is 1. The molecule has 0 fully saturated rings. The molecule has 2 N–H and O–H groups in total. The van der Waals surface area contributed by atoms with Crippen LogP contribution in [0, 0.1) is 0 Å². The predicted molar refractivity (Wildman–Crippen MR) is 78.1 cm³/mol. The molecule has 2 rings (SSSR count). The third-order valence-electron chi connectivity index (χ3n) is 2.35. The van der Waals surface area contributed by atoms with Crippen molar-refractivity contribution in [1.29, 1.82) is 0 Å². The van der Waals surface area contributed by atoms with E-state index in [1.807, 2.05) is 31.2 Å². The molecule has 0 amide bonds. The molecule has 0 saturated heterocycles. The number of rotatable bonds is 4. The molecular weight excluding hydrogens is 269 g/mol. The van der Waals surface area contributed by atoms with Crippen LogP contribution in [0.2, 0.25) is 10.0 Å². The Kier molecular flexibility index (Phi) is 4.28. The lowest BCUT2D eigenvalue weighted by atomic mass is 10.3. The molecule has 94 valence electrons. The molecular formula is C13H13Cl2N3. The van der Waals surface area contributed by atoms with Crippen molar-refractivity contribution < 1.29 is 0 Å². The molecule has 0 bridgehead atoms. The molecule has 5 heteroatoms. The van der Waals surface area contributed by atoms with E-state index >= 15 is 0 Å². The van der Waals surface area contributed by atoms with Crippen molar-refractivity contribution >= 4 is 40.4 Å². The van der Waals surface area contributed by atoms with Crippen molar-refractivity contribution in [2.75, 3.05) is 17.2 Å². The predicted octanol–water partition coefficient (Wildman–Crippen LogP) is 4.56. The van der Waals surface area contributed by atoms with Crippen LogP contribution in [-0.4, -0.2) is 11.5 Å². The molecule has 0 radical (unpaired) electrons. The minimum absolute atomic E-state index is 0.515. The number of hydrogen-bond acceptors (Lipinski definition) is 3. The second-order valence-corrected chi connectivity index (χ2v) is 4.47. The molecule has 3 nitrogen and oxygen atoms in total. The molecule has 0 unspecified atom stereocenters. The van der Waals surface area contributed by atoms with Gasteiger partial charge in [-0.2, -0.15) is 0 Å². The fraction of sp³-hybridized carbons (Fsp3) is 0.154. The highest BCUT2D eigenvalue weighted by atomic mass is 35.5. The Balaban J connectivity index is 2.23. The Hall–Kier alpha value is -1.45. The van der Waals surface area contributed by atoms with Gasteiger partial charge in [-0.1, -0.05) is 29.3 Å². The molecule has 0 saturated carbocycles. The van der Waals surface area contributed by atoms with Gasteiger partial charge in [0.05, 0.1) is 15.7 Å². The summed E-state index contributed by atoms with van der Waals surface area (Å²) in [6, 6.07) is 9.27. The zero-order valence-electron chi connectivity index (χ0n) is 9.87. The summed E-state index contributed by atoms with van der Waals surface area (Å²) in [6.45, 7) is 2.85. The number of benzene rings is 1. The van der Waals surface area contributed by atoms with Crippen molar-refractivity contribution in [3.05, 3.63) is 46.6 Å². The first-order chi connectivity index (χ1) is 8.70. The first kappa shape index (κ1) is 13.0. The van der Waals surface area contributed by atoms with E-state index in [0.717, 1.165) is 23.7 Å². The number of aromatic nitrogens is 1. The standard InChI is InChI=1S/C13H13Cl2N3/c1-2-16-12-8-9(6-7-17-12)18-11-5-3-4-10(14)13(11)15/h3-8H,2H2,1H3,(H2,16,17,18). The molecule has 1 aromatic carbocycles. The summed E-state index contributed by atoms with van der Waals surface area (Å²) in [5.74, 6) is 0.820. The lowest BCUT2D eigenvalue weighted by Gasteiger charge is -2.10.